The summed E-state index contributed by atoms with van der Waals surface area (Å²) in [6, 6.07) is 0.454. The SMILES string of the molecule is C=CCCCCCC(NCC)C1(OC)CCOCC1. The fourth-order valence-electron chi connectivity index (χ4n) is 3.02. The number of allylic oxidation sites excluding steroid dienone is 1. The molecule has 1 atom stereocenters. The molecule has 0 aliphatic carbocycles. The zero-order chi connectivity index (χ0) is 14.0. The zero-order valence-corrected chi connectivity index (χ0v) is 12.7. The number of rotatable bonds is 10. The van der Waals surface area contributed by atoms with Crippen LogP contribution in [0.25, 0.3) is 0 Å². The molecule has 0 aromatic carbocycles. The standard InChI is InChI=1S/C16H31NO2/c1-4-6-7-8-9-10-15(17-5-2)16(18-3)11-13-19-14-12-16/h4,15,17H,1,5-14H2,2-3H3. The van der Waals surface area contributed by atoms with Crippen LogP contribution in [0.15, 0.2) is 12.7 Å². The first kappa shape index (κ1) is 16.7. The molecule has 19 heavy (non-hydrogen) atoms. The zero-order valence-electron chi connectivity index (χ0n) is 12.7. The summed E-state index contributed by atoms with van der Waals surface area (Å²) in [5, 5.41) is 3.63. The lowest BCUT2D eigenvalue weighted by atomic mass is 9.83. The lowest BCUT2D eigenvalue weighted by Gasteiger charge is -2.42. The smallest absolute Gasteiger partial charge is 0.0874 e. The Morgan fingerprint density at radius 1 is 1.32 bits per heavy atom. The minimum Gasteiger partial charge on any atom is -0.381 e. The average Bonchev–Trinajstić information content (AvgIpc) is 2.46. The van der Waals surface area contributed by atoms with E-state index in [2.05, 4.69) is 18.8 Å². The van der Waals surface area contributed by atoms with Crippen LogP contribution < -0.4 is 5.32 Å². The number of ether oxygens (including phenoxy) is 2. The molecule has 1 heterocycles. The van der Waals surface area contributed by atoms with Gasteiger partial charge in [0.15, 0.2) is 0 Å². The molecule has 0 saturated carbocycles. The van der Waals surface area contributed by atoms with Gasteiger partial charge in [0.2, 0.25) is 0 Å². The van der Waals surface area contributed by atoms with Crippen molar-refractivity contribution in [3.05, 3.63) is 12.7 Å². The van der Waals surface area contributed by atoms with Crippen molar-refractivity contribution >= 4 is 0 Å². The van der Waals surface area contributed by atoms with E-state index in [9.17, 15) is 0 Å². The topological polar surface area (TPSA) is 30.5 Å². The molecule has 3 nitrogen and oxygen atoms in total. The van der Waals surface area contributed by atoms with Crippen molar-refractivity contribution in [1.29, 1.82) is 0 Å². The summed E-state index contributed by atoms with van der Waals surface area (Å²) in [4.78, 5) is 0. The molecule has 112 valence electrons. The Bertz CT molecular complexity index is 237. The summed E-state index contributed by atoms with van der Waals surface area (Å²) < 4.78 is 11.4. The van der Waals surface area contributed by atoms with Crippen LogP contribution in [0.4, 0.5) is 0 Å². The number of unbranched alkanes of at least 4 members (excludes halogenated alkanes) is 3. The van der Waals surface area contributed by atoms with Crippen molar-refractivity contribution in [3.63, 3.8) is 0 Å². The monoisotopic (exact) mass is 269 g/mol. The van der Waals surface area contributed by atoms with E-state index < -0.39 is 0 Å². The highest BCUT2D eigenvalue weighted by atomic mass is 16.5. The van der Waals surface area contributed by atoms with Crippen molar-refractivity contribution in [2.24, 2.45) is 0 Å². The quantitative estimate of drug-likeness (QED) is 0.487. The number of nitrogens with one attached hydrogen (secondary N) is 1. The normalized spacial score (nSPS) is 20.1. The molecule has 1 aliphatic rings. The summed E-state index contributed by atoms with van der Waals surface area (Å²) >= 11 is 0. The highest BCUT2D eigenvalue weighted by Crippen LogP contribution is 2.31. The predicted molar refractivity (Wildman–Crippen MR) is 80.5 cm³/mol. The van der Waals surface area contributed by atoms with Gasteiger partial charge in [0.05, 0.1) is 5.60 Å². The number of hydrogen-bond acceptors (Lipinski definition) is 3. The Labute approximate surface area is 118 Å². The molecule has 0 bridgehead atoms. The van der Waals surface area contributed by atoms with Gasteiger partial charge in [0.25, 0.3) is 0 Å². The van der Waals surface area contributed by atoms with E-state index in [1.54, 1.807) is 0 Å². The minimum atomic E-state index is -0.0211. The number of methoxy groups -OCH3 is 1. The maximum atomic E-state index is 5.91. The average molecular weight is 269 g/mol. The van der Waals surface area contributed by atoms with Crippen LogP contribution in [0.5, 0.6) is 0 Å². The van der Waals surface area contributed by atoms with Crippen molar-refractivity contribution in [1.82, 2.24) is 5.32 Å². The summed E-state index contributed by atoms with van der Waals surface area (Å²) in [5.41, 5.74) is -0.0211. The molecular weight excluding hydrogens is 238 g/mol. The van der Waals surface area contributed by atoms with Crippen molar-refractivity contribution in [3.8, 4) is 0 Å². The Hall–Kier alpha value is -0.380. The van der Waals surface area contributed by atoms with Gasteiger partial charge in [-0.2, -0.15) is 0 Å². The summed E-state index contributed by atoms with van der Waals surface area (Å²) in [6.07, 6.45) is 10.2. The molecule has 3 heteroatoms. The van der Waals surface area contributed by atoms with Gasteiger partial charge in [-0.1, -0.05) is 25.8 Å². The van der Waals surface area contributed by atoms with Crippen molar-refractivity contribution in [2.75, 3.05) is 26.9 Å². The molecule has 0 spiro atoms. The molecule has 1 rings (SSSR count). The lowest BCUT2D eigenvalue weighted by Crippen LogP contribution is -2.55. The summed E-state index contributed by atoms with van der Waals surface area (Å²) in [6.45, 7) is 8.60. The molecule has 0 aromatic rings. The third-order valence-electron chi connectivity index (χ3n) is 4.23. The first-order valence-corrected chi connectivity index (χ1v) is 7.76. The van der Waals surface area contributed by atoms with E-state index in [0.29, 0.717) is 6.04 Å². The summed E-state index contributed by atoms with van der Waals surface area (Å²) in [7, 11) is 1.85. The molecule has 1 saturated heterocycles. The Morgan fingerprint density at radius 2 is 2.05 bits per heavy atom. The third-order valence-corrected chi connectivity index (χ3v) is 4.23. The van der Waals surface area contributed by atoms with Crippen LogP contribution in [0.2, 0.25) is 0 Å². The van der Waals surface area contributed by atoms with Crippen LogP contribution in [0.3, 0.4) is 0 Å². The van der Waals surface area contributed by atoms with Crippen LogP contribution >= 0.6 is 0 Å². The second kappa shape index (κ2) is 9.51. The molecule has 0 radical (unpaired) electrons. The molecule has 1 aliphatic heterocycles. The Kier molecular flexibility index (Phi) is 8.35. The number of hydrogen-bond donors (Lipinski definition) is 1. The predicted octanol–water partition coefficient (Wildman–Crippen LogP) is 3.30. The van der Waals surface area contributed by atoms with E-state index in [0.717, 1.165) is 39.0 Å². The van der Waals surface area contributed by atoms with Gasteiger partial charge in [-0.25, -0.2) is 0 Å². The Morgan fingerprint density at radius 3 is 2.63 bits per heavy atom. The van der Waals surface area contributed by atoms with Gasteiger partial charge in [0, 0.05) is 39.2 Å². The Balaban J connectivity index is 2.46. The van der Waals surface area contributed by atoms with Crippen LogP contribution in [-0.2, 0) is 9.47 Å². The maximum Gasteiger partial charge on any atom is 0.0874 e. The molecular formula is C16H31NO2. The highest BCUT2D eigenvalue weighted by Gasteiger charge is 2.39. The van der Waals surface area contributed by atoms with Gasteiger partial charge in [0.1, 0.15) is 0 Å². The third kappa shape index (κ3) is 5.25. The van der Waals surface area contributed by atoms with E-state index in [-0.39, 0.29) is 5.60 Å². The molecule has 1 N–H and O–H groups in total. The van der Waals surface area contributed by atoms with Gasteiger partial charge in [-0.15, -0.1) is 6.58 Å². The highest BCUT2D eigenvalue weighted by molar-refractivity contribution is 4.94. The van der Waals surface area contributed by atoms with Crippen LogP contribution in [-0.4, -0.2) is 38.5 Å². The fraction of sp³-hybridized carbons (Fsp3) is 0.875. The maximum absolute atomic E-state index is 5.91. The van der Waals surface area contributed by atoms with E-state index in [1.807, 2.05) is 13.2 Å². The molecule has 1 fully saturated rings. The first-order chi connectivity index (χ1) is 9.29. The van der Waals surface area contributed by atoms with E-state index in [4.69, 9.17) is 9.47 Å². The molecule has 1 unspecified atom stereocenters. The van der Waals surface area contributed by atoms with E-state index in [1.165, 1.54) is 25.7 Å². The summed E-state index contributed by atoms with van der Waals surface area (Å²) in [5.74, 6) is 0. The first-order valence-electron chi connectivity index (χ1n) is 7.76. The van der Waals surface area contributed by atoms with E-state index >= 15 is 0 Å². The molecule has 0 aromatic heterocycles. The largest absolute Gasteiger partial charge is 0.381 e. The lowest BCUT2D eigenvalue weighted by molar-refractivity contribution is -0.111. The van der Waals surface area contributed by atoms with Crippen molar-refractivity contribution < 1.29 is 9.47 Å². The molecule has 0 amide bonds. The van der Waals surface area contributed by atoms with Crippen molar-refractivity contribution in [2.45, 2.75) is 63.5 Å². The second-order valence-electron chi connectivity index (χ2n) is 5.42. The van der Waals surface area contributed by atoms with Crippen LogP contribution in [0.1, 0.15) is 51.9 Å². The number of likely N-dealkylation sites (N-methyl/N-ethyl adjacent to an activating group) is 1. The van der Waals surface area contributed by atoms with Crippen LogP contribution in [0, 0.1) is 0 Å². The fourth-order valence-corrected chi connectivity index (χ4v) is 3.02. The van der Waals surface area contributed by atoms with Gasteiger partial charge in [-0.3, -0.25) is 0 Å². The van der Waals surface area contributed by atoms with Gasteiger partial charge >= 0.3 is 0 Å². The van der Waals surface area contributed by atoms with Gasteiger partial charge in [-0.05, 0) is 25.8 Å². The minimum absolute atomic E-state index is 0.0211. The van der Waals surface area contributed by atoms with Gasteiger partial charge < -0.3 is 14.8 Å². The second-order valence-corrected chi connectivity index (χ2v) is 5.42.